The normalized spacial score (nSPS) is 13.2. The fourth-order valence-electron chi connectivity index (χ4n) is 2.53. The second-order valence-corrected chi connectivity index (χ2v) is 5.80. The van der Waals surface area contributed by atoms with Gasteiger partial charge in [-0.25, -0.2) is 0 Å². The number of methoxy groups -OCH3 is 1. The van der Waals surface area contributed by atoms with E-state index in [0.29, 0.717) is 27.6 Å². The Hall–Kier alpha value is -2.73. The third-order valence-corrected chi connectivity index (χ3v) is 4.16. The quantitative estimate of drug-likeness (QED) is 0.828. The van der Waals surface area contributed by atoms with Crippen LogP contribution >= 0.6 is 11.6 Å². The van der Waals surface area contributed by atoms with Crippen LogP contribution in [0.3, 0.4) is 0 Å². The van der Waals surface area contributed by atoms with E-state index in [1.54, 1.807) is 42.5 Å². The van der Waals surface area contributed by atoms with Crippen molar-refractivity contribution in [2.75, 3.05) is 13.9 Å². The minimum atomic E-state index is -0.612. The highest BCUT2D eigenvalue weighted by Gasteiger charge is 2.23. The van der Waals surface area contributed by atoms with Gasteiger partial charge in [-0.2, -0.15) is 0 Å². The van der Waals surface area contributed by atoms with Crippen LogP contribution in [0.1, 0.15) is 28.4 Å². The highest BCUT2D eigenvalue weighted by atomic mass is 35.5. The largest absolute Gasteiger partial charge is 0.469 e. The molecule has 2 aromatic carbocycles. The molecule has 0 spiro atoms. The number of benzene rings is 2. The summed E-state index contributed by atoms with van der Waals surface area (Å²) in [5.41, 5.74) is 1.04. The minimum absolute atomic E-state index is 0.0312. The van der Waals surface area contributed by atoms with Crippen molar-refractivity contribution in [2.45, 2.75) is 12.5 Å². The van der Waals surface area contributed by atoms with Crippen LogP contribution in [0.25, 0.3) is 0 Å². The molecule has 2 aromatic rings. The van der Waals surface area contributed by atoms with Gasteiger partial charge in [-0.1, -0.05) is 29.8 Å². The number of carbonyl (C=O) groups excluding carboxylic acids is 2. The molecule has 1 aliphatic heterocycles. The average Bonchev–Trinajstić information content (AvgIpc) is 3.09. The lowest BCUT2D eigenvalue weighted by atomic mass is 10.0. The van der Waals surface area contributed by atoms with Crippen LogP contribution in [0.5, 0.6) is 11.5 Å². The van der Waals surface area contributed by atoms with Crippen molar-refractivity contribution in [1.29, 1.82) is 0 Å². The van der Waals surface area contributed by atoms with Crippen molar-refractivity contribution in [3.05, 3.63) is 58.6 Å². The van der Waals surface area contributed by atoms with Gasteiger partial charge in [0.1, 0.15) is 0 Å². The van der Waals surface area contributed by atoms with Gasteiger partial charge < -0.3 is 19.5 Å². The maximum Gasteiger partial charge on any atom is 0.307 e. The van der Waals surface area contributed by atoms with Gasteiger partial charge in [-0.3, -0.25) is 9.59 Å². The molecule has 130 valence electrons. The molecule has 0 aromatic heterocycles. The molecule has 6 nitrogen and oxygen atoms in total. The SMILES string of the molecule is COC(=O)C[C@H](NC(=O)c1ccc2c(c1)OCO2)c1ccccc1Cl. The molecule has 1 aliphatic rings. The highest BCUT2D eigenvalue weighted by molar-refractivity contribution is 6.31. The Morgan fingerprint density at radius 1 is 1.20 bits per heavy atom. The van der Waals surface area contributed by atoms with E-state index < -0.39 is 12.0 Å². The second kappa shape index (κ2) is 7.44. The average molecular weight is 362 g/mol. The molecule has 1 amide bonds. The van der Waals surface area contributed by atoms with Crippen LogP contribution in [0.2, 0.25) is 5.02 Å². The summed E-state index contributed by atoms with van der Waals surface area (Å²) in [6.07, 6.45) is -0.0312. The third kappa shape index (κ3) is 3.85. The Labute approximate surface area is 149 Å². The Morgan fingerprint density at radius 2 is 1.96 bits per heavy atom. The third-order valence-electron chi connectivity index (χ3n) is 3.82. The van der Waals surface area contributed by atoms with Gasteiger partial charge in [0.2, 0.25) is 6.79 Å². The molecule has 0 fully saturated rings. The van der Waals surface area contributed by atoms with Gasteiger partial charge in [0.25, 0.3) is 5.91 Å². The van der Waals surface area contributed by atoms with Crippen LogP contribution in [0.15, 0.2) is 42.5 Å². The molecule has 1 heterocycles. The van der Waals surface area contributed by atoms with Crippen molar-refractivity contribution in [1.82, 2.24) is 5.32 Å². The van der Waals surface area contributed by atoms with E-state index >= 15 is 0 Å². The molecular formula is C18H16ClNO5. The lowest BCUT2D eigenvalue weighted by Gasteiger charge is -2.19. The fourth-order valence-corrected chi connectivity index (χ4v) is 2.79. The van der Waals surface area contributed by atoms with E-state index in [-0.39, 0.29) is 19.1 Å². The van der Waals surface area contributed by atoms with E-state index in [4.69, 9.17) is 25.8 Å². The van der Waals surface area contributed by atoms with Gasteiger partial charge in [0.15, 0.2) is 11.5 Å². The highest BCUT2D eigenvalue weighted by Crippen LogP contribution is 2.33. The number of amides is 1. The Kier molecular flexibility index (Phi) is 5.09. The van der Waals surface area contributed by atoms with Crippen LogP contribution in [0.4, 0.5) is 0 Å². The summed E-state index contributed by atoms with van der Waals surface area (Å²) in [5.74, 6) is 0.298. The van der Waals surface area contributed by atoms with Crippen molar-refractivity contribution >= 4 is 23.5 Å². The molecule has 1 N–H and O–H groups in total. The molecule has 0 bridgehead atoms. The van der Waals surface area contributed by atoms with Crippen LogP contribution < -0.4 is 14.8 Å². The molecule has 25 heavy (non-hydrogen) atoms. The maximum atomic E-state index is 12.6. The molecular weight excluding hydrogens is 346 g/mol. The first-order valence-corrected chi connectivity index (χ1v) is 7.98. The van der Waals surface area contributed by atoms with E-state index in [1.807, 2.05) is 0 Å². The van der Waals surface area contributed by atoms with Gasteiger partial charge >= 0.3 is 5.97 Å². The summed E-state index contributed by atoms with van der Waals surface area (Å²) in [6.45, 7) is 0.130. The lowest BCUT2D eigenvalue weighted by Crippen LogP contribution is -2.30. The molecule has 3 rings (SSSR count). The maximum absolute atomic E-state index is 12.6. The number of esters is 1. The van der Waals surface area contributed by atoms with Gasteiger partial charge in [-0.05, 0) is 29.8 Å². The Morgan fingerprint density at radius 3 is 2.72 bits per heavy atom. The molecule has 7 heteroatoms. The molecule has 0 saturated heterocycles. The van der Waals surface area contributed by atoms with E-state index in [9.17, 15) is 9.59 Å². The van der Waals surface area contributed by atoms with Gasteiger partial charge in [0.05, 0.1) is 19.6 Å². The molecule has 0 aliphatic carbocycles. The predicted octanol–water partition coefficient (Wildman–Crippen LogP) is 3.10. The topological polar surface area (TPSA) is 73.9 Å². The molecule has 0 radical (unpaired) electrons. The number of carbonyl (C=O) groups is 2. The van der Waals surface area contributed by atoms with Crippen LogP contribution in [-0.4, -0.2) is 25.8 Å². The number of hydrogen-bond donors (Lipinski definition) is 1. The number of rotatable bonds is 5. The van der Waals surface area contributed by atoms with Crippen molar-refractivity contribution < 1.29 is 23.8 Å². The summed E-state index contributed by atoms with van der Waals surface area (Å²) in [6, 6.07) is 11.3. The molecule has 1 atom stereocenters. The Bertz CT molecular complexity index is 808. The smallest absolute Gasteiger partial charge is 0.307 e. The zero-order valence-electron chi connectivity index (χ0n) is 13.5. The summed E-state index contributed by atoms with van der Waals surface area (Å²) >= 11 is 6.21. The lowest BCUT2D eigenvalue weighted by molar-refractivity contribution is -0.141. The number of halogens is 1. The minimum Gasteiger partial charge on any atom is -0.469 e. The first-order valence-electron chi connectivity index (χ1n) is 7.60. The number of ether oxygens (including phenoxy) is 3. The second-order valence-electron chi connectivity index (χ2n) is 5.40. The summed E-state index contributed by atoms with van der Waals surface area (Å²) in [4.78, 5) is 24.3. The van der Waals surface area contributed by atoms with Gasteiger partial charge in [0, 0.05) is 10.6 Å². The van der Waals surface area contributed by atoms with E-state index in [2.05, 4.69) is 5.32 Å². The Balaban J connectivity index is 1.83. The predicted molar refractivity (Wildman–Crippen MR) is 90.9 cm³/mol. The van der Waals surface area contributed by atoms with Crippen molar-refractivity contribution in [3.63, 3.8) is 0 Å². The number of nitrogens with one attached hydrogen (secondary N) is 1. The van der Waals surface area contributed by atoms with E-state index in [1.165, 1.54) is 7.11 Å². The van der Waals surface area contributed by atoms with Crippen LogP contribution in [0, 0.1) is 0 Å². The zero-order chi connectivity index (χ0) is 17.8. The zero-order valence-corrected chi connectivity index (χ0v) is 14.2. The molecule has 0 unspecified atom stereocenters. The van der Waals surface area contributed by atoms with Crippen molar-refractivity contribution in [3.8, 4) is 11.5 Å². The number of hydrogen-bond acceptors (Lipinski definition) is 5. The first kappa shape index (κ1) is 17.1. The fraction of sp³-hybridized carbons (Fsp3) is 0.222. The van der Waals surface area contributed by atoms with Crippen molar-refractivity contribution in [2.24, 2.45) is 0 Å². The molecule has 0 saturated carbocycles. The summed E-state index contributed by atoms with van der Waals surface area (Å²) in [5, 5.41) is 3.29. The standard InChI is InChI=1S/C18H16ClNO5/c1-23-17(21)9-14(12-4-2-3-5-13(12)19)20-18(22)11-6-7-15-16(8-11)25-10-24-15/h2-8,14H,9-10H2,1H3,(H,20,22)/t14-/m0/s1. The van der Waals surface area contributed by atoms with Crippen LogP contribution in [-0.2, 0) is 9.53 Å². The van der Waals surface area contributed by atoms with E-state index in [0.717, 1.165) is 0 Å². The monoisotopic (exact) mass is 361 g/mol. The number of fused-ring (bicyclic) bond motifs is 1. The summed E-state index contributed by atoms with van der Waals surface area (Å²) in [7, 11) is 1.30. The van der Waals surface area contributed by atoms with Gasteiger partial charge in [-0.15, -0.1) is 0 Å². The first-order chi connectivity index (χ1) is 12.1. The summed E-state index contributed by atoms with van der Waals surface area (Å²) < 4.78 is 15.2.